The molecule has 1 amide bonds. The number of non-ortho nitro benzene ring substituents is 2. The molecule has 0 aromatic heterocycles. The summed E-state index contributed by atoms with van der Waals surface area (Å²) < 4.78 is 1.06. The van der Waals surface area contributed by atoms with E-state index in [9.17, 15) is 25.0 Å². The van der Waals surface area contributed by atoms with Gasteiger partial charge in [-0.15, -0.1) is 0 Å². The third-order valence-electron chi connectivity index (χ3n) is 5.72. The second kappa shape index (κ2) is 10.1. The Kier molecular flexibility index (Phi) is 6.99. The summed E-state index contributed by atoms with van der Waals surface area (Å²) in [4.78, 5) is 35.5. The number of nitrogens with zero attached hydrogens (tertiary/aromatic N) is 3. The Morgan fingerprint density at radius 2 is 1.56 bits per heavy atom. The summed E-state index contributed by atoms with van der Waals surface area (Å²) in [5.41, 5.74) is 3.50. The number of benzene rings is 3. The number of nitro groups is 2. The number of amides is 1. The molecule has 4 rings (SSSR count). The van der Waals surface area contributed by atoms with E-state index < -0.39 is 27.1 Å². The summed E-state index contributed by atoms with van der Waals surface area (Å²) >= 11 is 3.46. The van der Waals surface area contributed by atoms with Gasteiger partial charge in [0.05, 0.1) is 21.5 Å². The SMILES string of the molecule is O=C(NCc1ccc2c(c1)CCN(Cc1ccc(Br)cc1)C2)c1cc([N+](=O)[O-])cc([N+](=O)[O-])c1. The third kappa shape index (κ3) is 5.64. The zero-order chi connectivity index (χ0) is 24.2. The molecule has 1 heterocycles. The number of nitro benzene ring substituents is 2. The van der Waals surface area contributed by atoms with Crippen LogP contribution in [0, 0.1) is 20.2 Å². The largest absolute Gasteiger partial charge is 0.348 e. The Hall–Kier alpha value is -3.63. The van der Waals surface area contributed by atoms with Crippen LogP contribution in [0.3, 0.4) is 0 Å². The monoisotopic (exact) mass is 524 g/mol. The van der Waals surface area contributed by atoms with Crippen molar-refractivity contribution in [2.45, 2.75) is 26.1 Å². The third-order valence-corrected chi connectivity index (χ3v) is 6.25. The molecule has 0 aliphatic carbocycles. The zero-order valence-electron chi connectivity index (χ0n) is 18.1. The molecule has 34 heavy (non-hydrogen) atoms. The minimum atomic E-state index is -0.757. The van der Waals surface area contributed by atoms with E-state index in [4.69, 9.17) is 0 Å². The van der Waals surface area contributed by atoms with Gasteiger partial charge in [-0.05, 0) is 40.8 Å². The number of hydrogen-bond acceptors (Lipinski definition) is 6. The van der Waals surface area contributed by atoms with E-state index in [-0.39, 0.29) is 12.1 Å². The highest BCUT2D eigenvalue weighted by molar-refractivity contribution is 9.10. The molecule has 0 saturated carbocycles. The van der Waals surface area contributed by atoms with Gasteiger partial charge in [-0.1, -0.05) is 46.3 Å². The summed E-state index contributed by atoms with van der Waals surface area (Å²) in [5, 5.41) is 24.8. The van der Waals surface area contributed by atoms with E-state index in [2.05, 4.69) is 50.4 Å². The average Bonchev–Trinajstić information content (AvgIpc) is 2.83. The van der Waals surface area contributed by atoms with Crippen LogP contribution in [0.5, 0.6) is 0 Å². The smallest absolute Gasteiger partial charge is 0.277 e. The van der Waals surface area contributed by atoms with E-state index >= 15 is 0 Å². The van der Waals surface area contributed by atoms with Crippen molar-refractivity contribution in [1.82, 2.24) is 10.2 Å². The van der Waals surface area contributed by atoms with Crippen LogP contribution in [0.15, 0.2) is 65.1 Å². The van der Waals surface area contributed by atoms with Crippen molar-refractivity contribution in [1.29, 1.82) is 0 Å². The van der Waals surface area contributed by atoms with Crippen molar-refractivity contribution in [2.24, 2.45) is 0 Å². The first-order valence-electron chi connectivity index (χ1n) is 10.6. The second-order valence-electron chi connectivity index (χ2n) is 8.13. The summed E-state index contributed by atoms with van der Waals surface area (Å²) in [7, 11) is 0. The van der Waals surface area contributed by atoms with Gasteiger partial charge >= 0.3 is 0 Å². The molecule has 0 spiro atoms. The lowest BCUT2D eigenvalue weighted by molar-refractivity contribution is -0.394. The molecule has 0 bridgehead atoms. The van der Waals surface area contributed by atoms with Gasteiger partial charge in [0.1, 0.15) is 0 Å². The molecule has 1 aliphatic rings. The van der Waals surface area contributed by atoms with Crippen molar-refractivity contribution in [3.63, 3.8) is 0 Å². The number of carbonyl (C=O) groups excluding carboxylic acids is 1. The Bertz CT molecular complexity index is 1230. The lowest BCUT2D eigenvalue weighted by Crippen LogP contribution is -2.30. The number of hydrogen-bond donors (Lipinski definition) is 1. The van der Waals surface area contributed by atoms with Gasteiger partial charge in [0.2, 0.25) is 0 Å². The van der Waals surface area contributed by atoms with Crippen molar-refractivity contribution in [3.05, 3.63) is 113 Å². The molecule has 10 heteroatoms. The number of halogens is 1. The quantitative estimate of drug-likeness (QED) is 0.351. The molecule has 0 radical (unpaired) electrons. The van der Waals surface area contributed by atoms with Gasteiger partial charge in [0, 0.05) is 42.8 Å². The van der Waals surface area contributed by atoms with Gasteiger partial charge in [0.15, 0.2) is 0 Å². The number of fused-ring (bicyclic) bond motifs is 1. The van der Waals surface area contributed by atoms with Crippen LogP contribution in [0.2, 0.25) is 0 Å². The molecule has 1 aliphatic heterocycles. The Morgan fingerprint density at radius 1 is 0.912 bits per heavy atom. The van der Waals surface area contributed by atoms with E-state index in [0.717, 1.165) is 54.3 Å². The predicted molar refractivity (Wildman–Crippen MR) is 129 cm³/mol. The van der Waals surface area contributed by atoms with Gasteiger partial charge in [-0.25, -0.2) is 0 Å². The van der Waals surface area contributed by atoms with E-state index in [1.54, 1.807) is 0 Å². The number of carbonyl (C=O) groups is 1. The zero-order valence-corrected chi connectivity index (χ0v) is 19.7. The molecular formula is C24H21BrN4O5. The van der Waals surface area contributed by atoms with Crippen LogP contribution in [-0.4, -0.2) is 27.2 Å². The highest BCUT2D eigenvalue weighted by atomic mass is 79.9. The van der Waals surface area contributed by atoms with Crippen LogP contribution in [0.25, 0.3) is 0 Å². The van der Waals surface area contributed by atoms with Crippen molar-refractivity contribution >= 4 is 33.2 Å². The molecular weight excluding hydrogens is 504 g/mol. The molecule has 0 unspecified atom stereocenters. The van der Waals surface area contributed by atoms with Crippen LogP contribution < -0.4 is 5.32 Å². The van der Waals surface area contributed by atoms with Gasteiger partial charge in [0.25, 0.3) is 17.3 Å². The van der Waals surface area contributed by atoms with E-state index in [0.29, 0.717) is 0 Å². The molecule has 0 saturated heterocycles. The van der Waals surface area contributed by atoms with E-state index in [1.807, 2.05) is 18.2 Å². The number of rotatable bonds is 7. The first kappa shape index (κ1) is 23.5. The van der Waals surface area contributed by atoms with E-state index in [1.165, 1.54) is 16.7 Å². The highest BCUT2D eigenvalue weighted by Gasteiger charge is 2.20. The van der Waals surface area contributed by atoms with Crippen molar-refractivity contribution < 1.29 is 14.6 Å². The molecule has 3 aromatic carbocycles. The van der Waals surface area contributed by atoms with Gasteiger partial charge < -0.3 is 5.32 Å². The predicted octanol–water partition coefficient (Wildman–Crippen LogP) is 4.75. The first-order valence-corrected chi connectivity index (χ1v) is 11.4. The van der Waals surface area contributed by atoms with Crippen molar-refractivity contribution in [3.8, 4) is 0 Å². The maximum Gasteiger partial charge on any atom is 0.277 e. The van der Waals surface area contributed by atoms with Gasteiger partial charge in [-0.2, -0.15) is 0 Å². The Labute approximate surface area is 203 Å². The molecule has 0 fully saturated rings. The fourth-order valence-corrected chi connectivity index (χ4v) is 4.24. The standard InChI is InChI=1S/C24H21BrN4O5/c25-21-5-2-16(3-6-21)14-27-8-7-18-9-17(1-4-19(18)15-27)13-26-24(30)20-10-22(28(31)32)12-23(11-20)29(33)34/h1-6,9-12H,7-8,13-15H2,(H,26,30). The molecule has 9 nitrogen and oxygen atoms in total. The maximum absolute atomic E-state index is 12.5. The second-order valence-corrected chi connectivity index (χ2v) is 9.04. The lowest BCUT2D eigenvalue weighted by Gasteiger charge is -2.29. The Balaban J connectivity index is 1.40. The molecule has 0 atom stereocenters. The van der Waals surface area contributed by atoms with Gasteiger partial charge in [-0.3, -0.25) is 29.9 Å². The minimum Gasteiger partial charge on any atom is -0.348 e. The normalized spacial score (nSPS) is 13.2. The summed E-state index contributed by atoms with van der Waals surface area (Å²) in [6.07, 6.45) is 0.894. The van der Waals surface area contributed by atoms with Crippen LogP contribution in [-0.2, 0) is 26.1 Å². The summed E-state index contributed by atoms with van der Waals surface area (Å²) in [6.45, 7) is 2.86. The number of nitrogens with one attached hydrogen (secondary N) is 1. The average molecular weight is 525 g/mol. The lowest BCUT2D eigenvalue weighted by atomic mass is 9.97. The van der Waals surface area contributed by atoms with Crippen LogP contribution in [0.1, 0.15) is 32.6 Å². The van der Waals surface area contributed by atoms with Crippen molar-refractivity contribution in [2.75, 3.05) is 6.54 Å². The Morgan fingerprint density at radius 3 is 2.21 bits per heavy atom. The summed E-state index contributed by atoms with van der Waals surface area (Å²) in [5.74, 6) is -0.606. The topological polar surface area (TPSA) is 119 Å². The highest BCUT2D eigenvalue weighted by Crippen LogP contribution is 2.24. The molecule has 174 valence electrons. The van der Waals surface area contributed by atoms with Crippen LogP contribution >= 0.6 is 15.9 Å². The first-order chi connectivity index (χ1) is 16.3. The fraction of sp³-hybridized carbons (Fsp3) is 0.208. The maximum atomic E-state index is 12.5. The minimum absolute atomic E-state index is 0.123. The van der Waals surface area contributed by atoms with Crippen LogP contribution in [0.4, 0.5) is 11.4 Å². The molecule has 1 N–H and O–H groups in total. The summed E-state index contributed by atoms with van der Waals surface area (Å²) in [6, 6.07) is 17.3. The molecule has 3 aromatic rings. The fourth-order valence-electron chi connectivity index (χ4n) is 3.98.